The number of rotatable bonds is 5. The molecule has 1 fully saturated rings. The highest BCUT2D eigenvalue weighted by molar-refractivity contribution is 5.76. The SMILES string of the molecule is C[C@H]1O[C@@H](n2cnc3c(OCc4ccc([N+](=O)[O-])cc4)nc(=O)[nH]c32)[C@H](O)[C@@H]1O. The lowest BCUT2D eigenvalue weighted by molar-refractivity contribution is -0.384. The predicted molar refractivity (Wildman–Crippen MR) is 97.2 cm³/mol. The number of hydrogen-bond acceptors (Lipinski definition) is 9. The smallest absolute Gasteiger partial charge is 0.349 e. The summed E-state index contributed by atoms with van der Waals surface area (Å²) in [6, 6.07) is 5.76. The van der Waals surface area contributed by atoms with Crippen molar-refractivity contribution in [2.24, 2.45) is 0 Å². The van der Waals surface area contributed by atoms with E-state index in [1.165, 1.54) is 35.2 Å². The number of aromatic amines is 1. The maximum absolute atomic E-state index is 12.0. The van der Waals surface area contributed by atoms with Crippen LogP contribution in [0.2, 0.25) is 0 Å². The fourth-order valence-electron chi connectivity index (χ4n) is 3.13. The maximum atomic E-state index is 12.0. The number of aromatic nitrogens is 4. The van der Waals surface area contributed by atoms with Gasteiger partial charge in [0.2, 0.25) is 5.88 Å². The number of imidazole rings is 1. The first kappa shape index (κ1) is 19.0. The van der Waals surface area contributed by atoms with Gasteiger partial charge in [-0.05, 0) is 24.6 Å². The van der Waals surface area contributed by atoms with Crippen molar-refractivity contribution >= 4 is 16.9 Å². The number of aliphatic hydroxyl groups excluding tert-OH is 2. The largest absolute Gasteiger partial charge is 0.471 e. The molecular formula is C17H17N5O7. The average molecular weight is 403 g/mol. The Labute approximate surface area is 162 Å². The monoisotopic (exact) mass is 403 g/mol. The summed E-state index contributed by atoms with van der Waals surface area (Å²) in [4.78, 5) is 32.7. The first-order valence-corrected chi connectivity index (χ1v) is 8.69. The van der Waals surface area contributed by atoms with Crippen LogP contribution < -0.4 is 10.4 Å². The number of benzene rings is 1. The highest BCUT2D eigenvalue weighted by Gasteiger charge is 2.42. The third kappa shape index (κ3) is 3.44. The molecule has 0 radical (unpaired) electrons. The van der Waals surface area contributed by atoms with E-state index in [1.807, 2.05) is 0 Å². The number of H-pyrrole nitrogens is 1. The van der Waals surface area contributed by atoms with Crippen LogP contribution in [0.1, 0.15) is 18.7 Å². The van der Waals surface area contributed by atoms with Gasteiger partial charge in [0.25, 0.3) is 5.69 Å². The lowest BCUT2D eigenvalue weighted by atomic mass is 10.1. The summed E-state index contributed by atoms with van der Waals surface area (Å²) in [6.07, 6.45) is -2.48. The highest BCUT2D eigenvalue weighted by Crippen LogP contribution is 2.32. The molecule has 1 aromatic carbocycles. The van der Waals surface area contributed by atoms with Crippen molar-refractivity contribution in [2.75, 3.05) is 0 Å². The Morgan fingerprint density at radius 1 is 1.31 bits per heavy atom. The number of ether oxygens (including phenoxy) is 2. The molecule has 0 spiro atoms. The van der Waals surface area contributed by atoms with Crippen LogP contribution >= 0.6 is 0 Å². The number of aliphatic hydroxyl groups is 2. The minimum atomic E-state index is -1.21. The first-order chi connectivity index (χ1) is 13.8. The Bertz CT molecular complexity index is 1110. The number of nitro benzene ring substituents is 1. The van der Waals surface area contributed by atoms with Gasteiger partial charge in [-0.3, -0.25) is 19.7 Å². The fraction of sp³-hybridized carbons (Fsp3) is 0.353. The quantitative estimate of drug-likeness (QED) is 0.400. The molecule has 3 N–H and O–H groups in total. The number of nitro groups is 1. The van der Waals surface area contributed by atoms with Crippen LogP contribution in [0, 0.1) is 10.1 Å². The third-order valence-electron chi connectivity index (χ3n) is 4.70. The zero-order valence-electron chi connectivity index (χ0n) is 15.1. The van der Waals surface area contributed by atoms with E-state index in [0.29, 0.717) is 5.56 Å². The number of non-ortho nitro benzene ring substituents is 1. The Morgan fingerprint density at radius 2 is 2.03 bits per heavy atom. The molecule has 152 valence electrons. The summed E-state index contributed by atoms with van der Waals surface area (Å²) in [5, 5.41) is 30.8. The van der Waals surface area contributed by atoms with Crippen molar-refractivity contribution in [3.8, 4) is 5.88 Å². The zero-order chi connectivity index (χ0) is 20.7. The second-order valence-corrected chi connectivity index (χ2v) is 6.62. The van der Waals surface area contributed by atoms with Crippen LogP contribution in [0.5, 0.6) is 5.88 Å². The lowest BCUT2D eigenvalue weighted by Crippen LogP contribution is -2.30. The molecular weight excluding hydrogens is 386 g/mol. The van der Waals surface area contributed by atoms with E-state index in [0.717, 1.165) is 0 Å². The maximum Gasteiger partial charge on any atom is 0.349 e. The molecule has 4 rings (SSSR count). The van der Waals surface area contributed by atoms with Gasteiger partial charge < -0.3 is 19.7 Å². The molecule has 2 aromatic heterocycles. The standard InChI is InChI=1S/C17H17N5O7/c1-8-12(23)13(24)16(29-8)21-7-18-11-14(21)19-17(25)20-15(11)28-6-9-2-4-10(5-3-9)22(26)27/h2-5,7-8,12-13,16,23-24H,6H2,1H3,(H,19,20,25)/t8-,12-,13-,16-/m1/s1. The van der Waals surface area contributed by atoms with Gasteiger partial charge in [0, 0.05) is 12.1 Å². The molecule has 1 aliphatic rings. The molecule has 3 aromatic rings. The average Bonchev–Trinajstić information content (AvgIpc) is 3.22. The molecule has 0 aliphatic carbocycles. The van der Waals surface area contributed by atoms with E-state index in [4.69, 9.17) is 9.47 Å². The molecule has 12 nitrogen and oxygen atoms in total. The van der Waals surface area contributed by atoms with Crippen LogP contribution in [0.25, 0.3) is 11.2 Å². The minimum absolute atomic E-state index is 0.00864. The second kappa shape index (κ2) is 7.24. The Morgan fingerprint density at radius 3 is 2.66 bits per heavy atom. The molecule has 29 heavy (non-hydrogen) atoms. The van der Waals surface area contributed by atoms with Crippen molar-refractivity contribution in [1.29, 1.82) is 0 Å². The van der Waals surface area contributed by atoms with Crippen molar-refractivity contribution < 1.29 is 24.6 Å². The number of nitrogens with one attached hydrogen (secondary N) is 1. The van der Waals surface area contributed by atoms with E-state index < -0.39 is 35.2 Å². The van der Waals surface area contributed by atoms with E-state index in [9.17, 15) is 25.1 Å². The van der Waals surface area contributed by atoms with Gasteiger partial charge in [-0.25, -0.2) is 9.78 Å². The summed E-state index contributed by atoms with van der Waals surface area (Å²) in [5.74, 6) is -0.0399. The molecule has 3 heterocycles. The van der Waals surface area contributed by atoms with E-state index in [-0.39, 0.29) is 29.3 Å². The minimum Gasteiger partial charge on any atom is -0.471 e. The summed E-state index contributed by atoms with van der Waals surface area (Å²) in [5.41, 5.74) is 0.344. The molecule has 4 atom stereocenters. The summed E-state index contributed by atoms with van der Waals surface area (Å²) >= 11 is 0. The number of nitrogens with zero attached hydrogens (tertiary/aromatic N) is 4. The normalized spacial score (nSPS) is 24.1. The van der Waals surface area contributed by atoms with E-state index in [1.54, 1.807) is 6.92 Å². The zero-order valence-corrected chi connectivity index (χ0v) is 15.1. The van der Waals surface area contributed by atoms with Gasteiger partial charge in [0.1, 0.15) is 24.5 Å². The summed E-state index contributed by atoms with van der Waals surface area (Å²) in [7, 11) is 0. The molecule has 12 heteroatoms. The van der Waals surface area contributed by atoms with Crippen molar-refractivity contribution in [2.45, 2.75) is 38.1 Å². The van der Waals surface area contributed by atoms with Crippen LogP contribution in [-0.4, -0.2) is 53.0 Å². The van der Waals surface area contributed by atoms with E-state index in [2.05, 4.69) is 15.0 Å². The predicted octanol–water partition coefficient (Wildman–Crippen LogP) is 0.246. The van der Waals surface area contributed by atoms with Crippen LogP contribution in [-0.2, 0) is 11.3 Å². The van der Waals surface area contributed by atoms with Crippen molar-refractivity contribution in [1.82, 2.24) is 19.5 Å². The Hall–Kier alpha value is -3.35. The molecule has 1 aliphatic heterocycles. The first-order valence-electron chi connectivity index (χ1n) is 8.69. The van der Waals surface area contributed by atoms with Crippen molar-refractivity contribution in [3.05, 3.63) is 56.8 Å². The van der Waals surface area contributed by atoms with Gasteiger partial charge in [-0.1, -0.05) is 0 Å². The highest BCUT2D eigenvalue weighted by atomic mass is 16.6. The molecule has 0 saturated carbocycles. The van der Waals surface area contributed by atoms with E-state index >= 15 is 0 Å². The molecule has 1 saturated heterocycles. The molecule has 0 bridgehead atoms. The van der Waals surface area contributed by atoms with Gasteiger partial charge in [0.15, 0.2) is 11.7 Å². The summed E-state index contributed by atoms with van der Waals surface area (Å²) in [6.45, 7) is 1.63. The molecule has 0 unspecified atom stereocenters. The van der Waals surface area contributed by atoms with Crippen molar-refractivity contribution in [3.63, 3.8) is 0 Å². The topological polar surface area (TPSA) is 166 Å². The third-order valence-corrected chi connectivity index (χ3v) is 4.70. The number of fused-ring (bicyclic) bond motifs is 1. The summed E-state index contributed by atoms with van der Waals surface area (Å²) < 4.78 is 12.6. The Balaban J connectivity index is 1.62. The number of hydrogen-bond donors (Lipinski definition) is 3. The van der Waals surface area contributed by atoms with Crippen LogP contribution in [0.4, 0.5) is 5.69 Å². The van der Waals surface area contributed by atoms with Crippen LogP contribution in [0.3, 0.4) is 0 Å². The second-order valence-electron chi connectivity index (χ2n) is 6.62. The van der Waals surface area contributed by atoms with Gasteiger partial charge in [0.05, 0.1) is 17.4 Å². The van der Waals surface area contributed by atoms with Gasteiger partial charge in [-0.15, -0.1) is 0 Å². The van der Waals surface area contributed by atoms with Crippen LogP contribution in [0.15, 0.2) is 35.4 Å². The lowest BCUT2D eigenvalue weighted by Gasteiger charge is -2.16. The molecule has 0 amide bonds. The fourth-order valence-corrected chi connectivity index (χ4v) is 3.13. The van der Waals surface area contributed by atoms with Gasteiger partial charge >= 0.3 is 5.69 Å². The Kier molecular flexibility index (Phi) is 4.74. The van der Waals surface area contributed by atoms with Gasteiger partial charge in [-0.2, -0.15) is 4.98 Å².